The fraction of sp³-hybridized carbons (Fsp3) is 0.267. The Bertz CT molecular complexity index is 572. The number of aliphatic hydroxyl groups is 1. The number of aliphatic hydroxyl groups excluding tert-OH is 1. The minimum atomic E-state index is -0.671. The molecule has 5 nitrogen and oxygen atoms in total. The van der Waals surface area contributed by atoms with E-state index in [-0.39, 0.29) is 25.5 Å². The van der Waals surface area contributed by atoms with Crippen LogP contribution in [0.1, 0.15) is 18.1 Å². The highest BCUT2D eigenvalue weighted by Gasteiger charge is 2.09. The van der Waals surface area contributed by atoms with E-state index in [0.29, 0.717) is 11.4 Å². The zero-order valence-corrected chi connectivity index (χ0v) is 12.3. The first kappa shape index (κ1) is 15.3. The molecule has 6 heteroatoms. The third-order valence-corrected chi connectivity index (χ3v) is 3.58. The molecule has 1 aromatic heterocycles. The standard InChI is InChI=1S/C15H18N2O3S/c16-12-2-1-3-13(8-12)20-6-4-15(19)17-9-14(18)11-5-7-21-10-11/h1-3,5,7-8,10,14,18H,4,6,9,16H2,(H,17,19). The van der Waals surface area contributed by atoms with Gasteiger partial charge in [0.15, 0.2) is 0 Å². The van der Waals surface area contributed by atoms with Crippen molar-refractivity contribution in [2.24, 2.45) is 0 Å². The summed E-state index contributed by atoms with van der Waals surface area (Å²) in [5, 5.41) is 16.3. The quantitative estimate of drug-likeness (QED) is 0.683. The number of thiophene rings is 1. The zero-order chi connectivity index (χ0) is 15.1. The maximum atomic E-state index is 11.6. The monoisotopic (exact) mass is 306 g/mol. The van der Waals surface area contributed by atoms with E-state index in [0.717, 1.165) is 5.56 Å². The van der Waals surface area contributed by atoms with Crippen LogP contribution in [0.5, 0.6) is 5.75 Å². The molecule has 112 valence electrons. The molecule has 0 radical (unpaired) electrons. The lowest BCUT2D eigenvalue weighted by atomic mass is 10.2. The summed E-state index contributed by atoms with van der Waals surface area (Å²) in [4.78, 5) is 11.6. The lowest BCUT2D eigenvalue weighted by molar-refractivity contribution is -0.122. The topological polar surface area (TPSA) is 84.6 Å². The fourth-order valence-electron chi connectivity index (χ4n) is 1.75. The Morgan fingerprint density at radius 1 is 1.43 bits per heavy atom. The fourth-order valence-corrected chi connectivity index (χ4v) is 2.45. The van der Waals surface area contributed by atoms with Gasteiger partial charge in [0.05, 0.1) is 19.1 Å². The lowest BCUT2D eigenvalue weighted by Gasteiger charge is -2.11. The Balaban J connectivity index is 1.66. The van der Waals surface area contributed by atoms with Crippen LogP contribution in [0.3, 0.4) is 0 Å². The predicted molar refractivity (Wildman–Crippen MR) is 83.3 cm³/mol. The van der Waals surface area contributed by atoms with E-state index in [2.05, 4.69) is 5.32 Å². The van der Waals surface area contributed by atoms with E-state index < -0.39 is 6.10 Å². The van der Waals surface area contributed by atoms with E-state index in [4.69, 9.17) is 10.5 Å². The van der Waals surface area contributed by atoms with E-state index in [1.54, 1.807) is 24.3 Å². The Morgan fingerprint density at radius 2 is 2.29 bits per heavy atom. The third kappa shape index (κ3) is 5.09. The van der Waals surface area contributed by atoms with Crippen LogP contribution in [-0.2, 0) is 4.79 Å². The maximum absolute atomic E-state index is 11.6. The van der Waals surface area contributed by atoms with E-state index >= 15 is 0 Å². The van der Waals surface area contributed by atoms with E-state index in [1.165, 1.54) is 11.3 Å². The van der Waals surface area contributed by atoms with Crippen molar-refractivity contribution >= 4 is 22.9 Å². The van der Waals surface area contributed by atoms with Crippen molar-refractivity contribution in [3.8, 4) is 5.75 Å². The van der Waals surface area contributed by atoms with Crippen molar-refractivity contribution in [2.45, 2.75) is 12.5 Å². The van der Waals surface area contributed by atoms with Crippen LogP contribution in [0.15, 0.2) is 41.1 Å². The van der Waals surface area contributed by atoms with Crippen molar-refractivity contribution in [1.29, 1.82) is 0 Å². The normalized spacial score (nSPS) is 11.9. The number of amides is 1. The predicted octanol–water partition coefficient (Wildman–Crippen LogP) is 1.95. The molecule has 2 aromatic rings. The number of nitrogens with two attached hydrogens (primary N) is 1. The number of ether oxygens (including phenoxy) is 1. The number of benzene rings is 1. The summed E-state index contributed by atoms with van der Waals surface area (Å²) in [6.45, 7) is 0.470. The van der Waals surface area contributed by atoms with Crippen LogP contribution >= 0.6 is 11.3 Å². The minimum absolute atomic E-state index is 0.159. The molecule has 1 unspecified atom stereocenters. The van der Waals surface area contributed by atoms with Crippen molar-refractivity contribution in [1.82, 2.24) is 5.32 Å². The SMILES string of the molecule is Nc1cccc(OCCC(=O)NCC(O)c2ccsc2)c1. The van der Waals surface area contributed by atoms with Crippen LogP contribution in [0.25, 0.3) is 0 Å². The average Bonchev–Trinajstić information content (AvgIpc) is 2.99. The van der Waals surface area contributed by atoms with Gasteiger partial charge < -0.3 is 20.9 Å². The number of carbonyl (C=O) groups is 1. The van der Waals surface area contributed by atoms with Gasteiger partial charge in [-0.1, -0.05) is 6.07 Å². The first-order valence-electron chi connectivity index (χ1n) is 6.60. The number of hydrogen-bond acceptors (Lipinski definition) is 5. The van der Waals surface area contributed by atoms with Gasteiger partial charge >= 0.3 is 0 Å². The van der Waals surface area contributed by atoms with Crippen LogP contribution < -0.4 is 15.8 Å². The van der Waals surface area contributed by atoms with Crippen molar-refractivity contribution in [3.05, 3.63) is 46.7 Å². The largest absolute Gasteiger partial charge is 0.493 e. The molecule has 4 N–H and O–H groups in total. The second-order valence-electron chi connectivity index (χ2n) is 4.55. The molecular formula is C15H18N2O3S. The summed E-state index contributed by atoms with van der Waals surface area (Å²) in [6, 6.07) is 8.89. The summed E-state index contributed by atoms with van der Waals surface area (Å²) in [7, 11) is 0. The van der Waals surface area contributed by atoms with Gasteiger partial charge in [0.25, 0.3) is 0 Å². The summed E-state index contributed by atoms with van der Waals surface area (Å²) in [6.07, 6.45) is -0.444. The molecule has 0 fully saturated rings. The first-order chi connectivity index (χ1) is 10.1. The smallest absolute Gasteiger partial charge is 0.223 e. The molecule has 0 aliphatic rings. The molecule has 21 heavy (non-hydrogen) atoms. The molecule has 1 atom stereocenters. The molecule has 1 amide bonds. The van der Waals surface area contributed by atoms with E-state index in [1.807, 2.05) is 16.8 Å². The van der Waals surface area contributed by atoms with Crippen molar-refractivity contribution < 1.29 is 14.6 Å². The van der Waals surface area contributed by atoms with Gasteiger partial charge in [-0.05, 0) is 34.5 Å². The molecule has 0 aliphatic heterocycles. The molecule has 2 rings (SSSR count). The van der Waals surface area contributed by atoms with Gasteiger partial charge in [-0.25, -0.2) is 0 Å². The summed E-state index contributed by atoms with van der Waals surface area (Å²) >= 11 is 1.51. The first-order valence-corrected chi connectivity index (χ1v) is 7.54. The number of rotatable bonds is 7. The maximum Gasteiger partial charge on any atom is 0.223 e. The van der Waals surface area contributed by atoms with Gasteiger partial charge in [0.2, 0.25) is 5.91 Å². The highest BCUT2D eigenvalue weighted by Crippen LogP contribution is 2.15. The van der Waals surface area contributed by atoms with Crippen LogP contribution in [-0.4, -0.2) is 24.2 Å². The minimum Gasteiger partial charge on any atom is -0.493 e. The summed E-state index contributed by atoms with van der Waals surface area (Å²) in [5.41, 5.74) is 7.07. The Labute approximate surface area is 127 Å². The van der Waals surface area contributed by atoms with Crippen LogP contribution in [0, 0.1) is 0 Å². The number of nitrogens with one attached hydrogen (secondary N) is 1. The van der Waals surface area contributed by atoms with Gasteiger partial charge in [-0.15, -0.1) is 0 Å². The molecule has 1 aromatic carbocycles. The number of carbonyl (C=O) groups excluding carboxylic acids is 1. The lowest BCUT2D eigenvalue weighted by Crippen LogP contribution is -2.29. The van der Waals surface area contributed by atoms with Gasteiger partial charge in [-0.2, -0.15) is 11.3 Å². The Morgan fingerprint density at radius 3 is 3.00 bits per heavy atom. The van der Waals surface area contributed by atoms with Gasteiger partial charge in [0.1, 0.15) is 5.75 Å². The average molecular weight is 306 g/mol. The molecule has 1 heterocycles. The summed E-state index contributed by atoms with van der Waals surface area (Å²) in [5.74, 6) is 0.481. The highest BCUT2D eigenvalue weighted by molar-refractivity contribution is 7.07. The van der Waals surface area contributed by atoms with Crippen molar-refractivity contribution in [3.63, 3.8) is 0 Å². The number of nitrogen functional groups attached to an aromatic ring is 1. The van der Waals surface area contributed by atoms with Gasteiger partial charge in [-0.3, -0.25) is 4.79 Å². The highest BCUT2D eigenvalue weighted by atomic mass is 32.1. The van der Waals surface area contributed by atoms with Gasteiger partial charge in [0, 0.05) is 18.3 Å². The molecule has 0 saturated heterocycles. The molecule has 0 spiro atoms. The zero-order valence-electron chi connectivity index (χ0n) is 11.5. The summed E-state index contributed by atoms with van der Waals surface area (Å²) < 4.78 is 5.43. The van der Waals surface area contributed by atoms with Crippen LogP contribution in [0.4, 0.5) is 5.69 Å². The third-order valence-electron chi connectivity index (χ3n) is 2.88. The molecule has 0 bridgehead atoms. The second kappa shape index (κ2) is 7.66. The Kier molecular flexibility index (Phi) is 5.59. The van der Waals surface area contributed by atoms with Crippen LogP contribution in [0.2, 0.25) is 0 Å². The molecular weight excluding hydrogens is 288 g/mol. The van der Waals surface area contributed by atoms with E-state index in [9.17, 15) is 9.90 Å². The molecule has 0 aliphatic carbocycles. The Hall–Kier alpha value is -2.05. The second-order valence-corrected chi connectivity index (χ2v) is 5.33. The number of hydrogen-bond donors (Lipinski definition) is 3. The molecule has 0 saturated carbocycles. The number of anilines is 1. The van der Waals surface area contributed by atoms with Crippen molar-refractivity contribution in [2.75, 3.05) is 18.9 Å².